The molecule has 7 heteroatoms. The van der Waals surface area contributed by atoms with Crippen molar-refractivity contribution in [3.05, 3.63) is 45.7 Å². The van der Waals surface area contributed by atoms with Gasteiger partial charge in [-0.25, -0.2) is 9.37 Å². The van der Waals surface area contributed by atoms with Crippen LogP contribution in [0.4, 0.5) is 4.39 Å². The highest BCUT2D eigenvalue weighted by Crippen LogP contribution is 2.27. The molecule has 1 aromatic heterocycles. The Morgan fingerprint density at radius 3 is 3.00 bits per heavy atom. The van der Waals surface area contributed by atoms with Crippen LogP contribution >= 0.6 is 11.3 Å². The molecule has 0 fully saturated rings. The minimum Gasteiger partial charge on any atom is -0.496 e. The summed E-state index contributed by atoms with van der Waals surface area (Å²) in [5.74, 6) is -0.374. The van der Waals surface area contributed by atoms with Crippen molar-refractivity contribution in [2.45, 2.75) is 19.4 Å². The van der Waals surface area contributed by atoms with Crippen molar-refractivity contribution in [3.8, 4) is 5.75 Å². The molecule has 1 unspecified atom stereocenters. The molecule has 5 nitrogen and oxygen atoms in total. The van der Waals surface area contributed by atoms with Crippen LogP contribution in [-0.4, -0.2) is 24.5 Å². The molecule has 0 bridgehead atoms. The van der Waals surface area contributed by atoms with E-state index in [9.17, 15) is 9.18 Å². The van der Waals surface area contributed by atoms with Crippen LogP contribution in [0.5, 0.6) is 5.75 Å². The second-order valence-electron chi connectivity index (χ2n) is 4.72. The number of carbonyl (C=O) groups excluding carboxylic acids is 1. The number of aromatic nitrogens is 1. The zero-order valence-corrected chi connectivity index (χ0v) is 13.2. The Bertz CT molecular complexity index is 660. The van der Waals surface area contributed by atoms with E-state index in [1.54, 1.807) is 24.4 Å². The molecule has 0 aliphatic carbocycles. The van der Waals surface area contributed by atoms with Gasteiger partial charge in [-0.2, -0.15) is 0 Å². The number of thiazole rings is 1. The zero-order chi connectivity index (χ0) is 16.1. The number of hydrogen-bond donors (Lipinski definition) is 2. The molecule has 3 N–H and O–H groups in total. The zero-order valence-electron chi connectivity index (χ0n) is 12.4. The van der Waals surface area contributed by atoms with E-state index in [-0.39, 0.29) is 5.91 Å². The fraction of sp³-hybridized carbons (Fsp3) is 0.333. The lowest BCUT2D eigenvalue weighted by molar-refractivity contribution is 0.0934. The van der Waals surface area contributed by atoms with Crippen molar-refractivity contribution >= 4 is 17.2 Å². The molecule has 0 radical (unpaired) electrons. The average Bonchev–Trinajstić information content (AvgIpc) is 2.95. The van der Waals surface area contributed by atoms with E-state index in [1.807, 2.05) is 0 Å². The summed E-state index contributed by atoms with van der Waals surface area (Å²) < 4.78 is 19.1. The molecule has 2 rings (SSSR count). The van der Waals surface area contributed by atoms with Crippen molar-refractivity contribution in [1.82, 2.24) is 10.3 Å². The SMILES string of the molecule is COc1cccc(F)c1C(C)NC(=O)c1csc(CCN)n1. The maximum Gasteiger partial charge on any atom is 0.271 e. The molecule has 0 aliphatic heterocycles. The Balaban J connectivity index is 2.14. The van der Waals surface area contributed by atoms with Gasteiger partial charge in [-0.1, -0.05) is 6.07 Å². The van der Waals surface area contributed by atoms with Gasteiger partial charge in [-0.15, -0.1) is 11.3 Å². The fourth-order valence-electron chi connectivity index (χ4n) is 2.11. The molecule has 0 saturated carbocycles. The van der Waals surface area contributed by atoms with E-state index in [4.69, 9.17) is 10.5 Å². The van der Waals surface area contributed by atoms with Gasteiger partial charge >= 0.3 is 0 Å². The number of methoxy groups -OCH3 is 1. The summed E-state index contributed by atoms with van der Waals surface area (Å²) in [6.45, 7) is 2.18. The summed E-state index contributed by atoms with van der Waals surface area (Å²) in [6, 6.07) is 4.01. The fourth-order valence-corrected chi connectivity index (χ4v) is 2.91. The van der Waals surface area contributed by atoms with Gasteiger partial charge < -0.3 is 15.8 Å². The third-order valence-corrected chi connectivity index (χ3v) is 4.06. The second-order valence-corrected chi connectivity index (χ2v) is 5.66. The van der Waals surface area contributed by atoms with Crippen LogP contribution in [0.2, 0.25) is 0 Å². The van der Waals surface area contributed by atoms with E-state index in [0.29, 0.717) is 30.0 Å². The number of benzene rings is 1. The second kappa shape index (κ2) is 7.33. The van der Waals surface area contributed by atoms with Gasteiger partial charge in [0.15, 0.2) is 0 Å². The van der Waals surface area contributed by atoms with Gasteiger partial charge in [-0.05, 0) is 25.6 Å². The lowest BCUT2D eigenvalue weighted by Crippen LogP contribution is -2.28. The molecule has 2 aromatic rings. The van der Waals surface area contributed by atoms with Crippen molar-refractivity contribution in [2.75, 3.05) is 13.7 Å². The smallest absolute Gasteiger partial charge is 0.271 e. The van der Waals surface area contributed by atoms with E-state index in [2.05, 4.69) is 10.3 Å². The third-order valence-electron chi connectivity index (χ3n) is 3.16. The van der Waals surface area contributed by atoms with Gasteiger partial charge in [0.1, 0.15) is 17.3 Å². The first-order valence-corrected chi connectivity index (χ1v) is 7.72. The van der Waals surface area contributed by atoms with Crippen LogP contribution in [0.1, 0.15) is 34.0 Å². The van der Waals surface area contributed by atoms with Crippen LogP contribution in [0.3, 0.4) is 0 Å². The molecule has 0 saturated heterocycles. The number of nitrogens with one attached hydrogen (secondary N) is 1. The van der Waals surface area contributed by atoms with Gasteiger partial charge in [-0.3, -0.25) is 4.79 Å². The van der Waals surface area contributed by atoms with Gasteiger partial charge in [0.2, 0.25) is 0 Å². The first kappa shape index (κ1) is 16.4. The topological polar surface area (TPSA) is 77.2 Å². The maximum absolute atomic E-state index is 14.0. The Morgan fingerprint density at radius 2 is 2.32 bits per heavy atom. The number of halogens is 1. The van der Waals surface area contributed by atoms with E-state index in [0.717, 1.165) is 5.01 Å². The summed E-state index contributed by atoms with van der Waals surface area (Å²) >= 11 is 1.39. The van der Waals surface area contributed by atoms with E-state index < -0.39 is 11.9 Å². The summed E-state index contributed by atoms with van der Waals surface area (Å²) in [5, 5.41) is 5.22. The van der Waals surface area contributed by atoms with Gasteiger partial charge in [0.05, 0.1) is 23.7 Å². The minimum absolute atomic E-state index is 0.315. The van der Waals surface area contributed by atoms with E-state index in [1.165, 1.54) is 24.5 Å². The molecule has 0 spiro atoms. The number of ether oxygens (including phenoxy) is 1. The molecule has 1 heterocycles. The average molecular weight is 323 g/mol. The molecule has 1 aromatic carbocycles. The van der Waals surface area contributed by atoms with Crippen molar-refractivity contribution in [3.63, 3.8) is 0 Å². The molecule has 1 atom stereocenters. The maximum atomic E-state index is 14.0. The van der Waals surface area contributed by atoms with Crippen LogP contribution < -0.4 is 15.8 Å². The van der Waals surface area contributed by atoms with Crippen molar-refractivity contribution in [2.24, 2.45) is 5.73 Å². The lowest BCUT2D eigenvalue weighted by Gasteiger charge is -2.17. The summed E-state index contributed by atoms with van der Waals surface area (Å²) in [7, 11) is 1.46. The highest BCUT2D eigenvalue weighted by molar-refractivity contribution is 7.09. The first-order valence-electron chi connectivity index (χ1n) is 6.84. The number of amides is 1. The quantitative estimate of drug-likeness (QED) is 0.855. The van der Waals surface area contributed by atoms with Crippen molar-refractivity contribution in [1.29, 1.82) is 0 Å². The standard InChI is InChI=1S/C15H18FN3O2S/c1-9(14-10(16)4-3-5-12(14)21-2)18-15(20)11-8-22-13(19-11)6-7-17/h3-5,8-9H,6-7,17H2,1-2H3,(H,18,20). The summed E-state index contributed by atoms with van der Waals surface area (Å²) in [5.41, 5.74) is 6.09. The van der Waals surface area contributed by atoms with Crippen LogP contribution in [0.15, 0.2) is 23.6 Å². The Labute approximate surface area is 132 Å². The third kappa shape index (κ3) is 3.61. The normalized spacial score (nSPS) is 12.0. The molecular formula is C15H18FN3O2S. The minimum atomic E-state index is -0.539. The number of rotatable bonds is 6. The predicted molar refractivity (Wildman–Crippen MR) is 83.7 cm³/mol. The van der Waals surface area contributed by atoms with Crippen LogP contribution in [0.25, 0.3) is 0 Å². The van der Waals surface area contributed by atoms with E-state index >= 15 is 0 Å². The van der Waals surface area contributed by atoms with Crippen LogP contribution in [0, 0.1) is 5.82 Å². The Morgan fingerprint density at radius 1 is 1.55 bits per heavy atom. The lowest BCUT2D eigenvalue weighted by atomic mass is 10.1. The highest BCUT2D eigenvalue weighted by atomic mass is 32.1. The summed E-state index contributed by atoms with van der Waals surface area (Å²) in [6.07, 6.45) is 0.634. The molecule has 118 valence electrons. The monoisotopic (exact) mass is 323 g/mol. The molecule has 22 heavy (non-hydrogen) atoms. The largest absolute Gasteiger partial charge is 0.496 e. The molecular weight excluding hydrogens is 305 g/mol. The number of nitrogens with zero attached hydrogens (tertiary/aromatic N) is 1. The molecule has 1 amide bonds. The summed E-state index contributed by atoms with van der Waals surface area (Å²) in [4.78, 5) is 16.4. The Hall–Kier alpha value is -1.99. The van der Waals surface area contributed by atoms with Crippen molar-refractivity contribution < 1.29 is 13.9 Å². The highest BCUT2D eigenvalue weighted by Gasteiger charge is 2.20. The molecule has 0 aliphatic rings. The van der Waals surface area contributed by atoms with Gasteiger partial charge in [0, 0.05) is 11.8 Å². The number of carbonyl (C=O) groups is 1. The Kier molecular flexibility index (Phi) is 5.46. The van der Waals surface area contributed by atoms with Crippen LogP contribution in [-0.2, 0) is 6.42 Å². The number of hydrogen-bond acceptors (Lipinski definition) is 5. The number of nitrogens with two attached hydrogens (primary N) is 1. The first-order chi connectivity index (χ1) is 10.6. The van der Waals surface area contributed by atoms with Gasteiger partial charge in [0.25, 0.3) is 5.91 Å². The predicted octanol–water partition coefficient (Wildman–Crippen LogP) is 2.28.